The summed E-state index contributed by atoms with van der Waals surface area (Å²) in [7, 11) is 0. The summed E-state index contributed by atoms with van der Waals surface area (Å²) in [6, 6.07) is 6.85. The molecule has 20 heavy (non-hydrogen) atoms. The van der Waals surface area contributed by atoms with E-state index in [2.05, 4.69) is 39.0 Å². The van der Waals surface area contributed by atoms with Gasteiger partial charge in [-0.1, -0.05) is 17.7 Å². The number of fused-ring (bicyclic) bond motifs is 1. The first-order valence-corrected chi connectivity index (χ1v) is 9.06. The van der Waals surface area contributed by atoms with Gasteiger partial charge in [-0.25, -0.2) is 0 Å². The van der Waals surface area contributed by atoms with Crippen LogP contribution in [0, 0.1) is 20.8 Å². The Kier molecular flexibility index (Phi) is 3.93. The second-order valence-corrected chi connectivity index (χ2v) is 7.96. The average Bonchev–Trinajstić information content (AvgIpc) is 2.81. The number of hydrogen-bond acceptors (Lipinski definition) is 3. The van der Waals surface area contributed by atoms with Crippen molar-refractivity contribution >= 4 is 23.1 Å². The molecule has 3 heteroatoms. The van der Waals surface area contributed by atoms with E-state index in [9.17, 15) is 0 Å². The lowest BCUT2D eigenvalue weighted by atomic mass is 9.93. The molecule has 1 aliphatic rings. The van der Waals surface area contributed by atoms with E-state index in [1.165, 1.54) is 44.9 Å². The largest absolute Gasteiger partial charge is 0.320 e. The van der Waals surface area contributed by atoms with Crippen molar-refractivity contribution in [2.75, 3.05) is 5.75 Å². The van der Waals surface area contributed by atoms with Gasteiger partial charge in [-0.2, -0.15) is 11.8 Å². The summed E-state index contributed by atoms with van der Waals surface area (Å²) in [6.45, 7) is 6.51. The minimum atomic E-state index is 0.0243. The van der Waals surface area contributed by atoms with Crippen LogP contribution in [0.1, 0.15) is 43.6 Å². The second-order valence-electron chi connectivity index (χ2n) is 5.69. The van der Waals surface area contributed by atoms with Gasteiger partial charge in [-0.15, -0.1) is 11.3 Å². The molecule has 1 nitrogen and oxygen atoms in total. The molecule has 0 saturated heterocycles. The standard InChI is InChI=1S/C17H21NS2/c1-10-6-11(2)16(12(3)7-10)17(18)15-8-13-9-19-5-4-14(13)20-15/h6-8,17H,4-5,9,18H2,1-3H3. The van der Waals surface area contributed by atoms with Gasteiger partial charge in [0.15, 0.2) is 0 Å². The zero-order valence-corrected chi connectivity index (χ0v) is 14.0. The highest BCUT2D eigenvalue weighted by Crippen LogP contribution is 2.37. The molecule has 1 aromatic carbocycles. The highest BCUT2D eigenvalue weighted by atomic mass is 32.2. The first-order chi connectivity index (χ1) is 9.56. The van der Waals surface area contributed by atoms with Crippen LogP contribution in [-0.2, 0) is 12.2 Å². The van der Waals surface area contributed by atoms with E-state index in [4.69, 9.17) is 5.73 Å². The number of nitrogens with two attached hydrogens (primary N) is 1. The lowest BCUT2D eigenvalue weighted by Crippen LogP contribution is -2.13. The third-order valence-corrected chi connectivity index (χ3v) is 6.33. The summed E-state index contributed by atoms with van der Waals surface area (Å²) >= 11 is 3.95. The van der Waals surface area contributed by atoms with Gasteiger partial charge in [0.1, 0.15) is 0 Å². The number of benzene rings is 1. The molecule has 2 heterocycles. The SMILES string of the molecule is Cc1cc(C)c(C(N)c2cc3c(s2)CCSC3)c(C)c1. The maximum atomic E-state index is 6.58. The van der Waals surface area contributed by atoms with E-state index in [0.29, 0.717) is 0 Å². The highest BCUT2D eigenvalue weighted by molar-refractivity contribution is 7.98. The van der Waals surface area contributed by atoms with E-state index in [-0.39, 0.29) is 6.04 Å². The summed E-state index contributed by atoms with van der Waals surface area (Å²) in [4.78, 5) is 2.88. The average molecular weight is 303 g/mol. The van der Waals surface area contributed by atoms with E-state index in [0.717, 1.165) is 5.75 Å². The quantitative estimate of drug-likeness (QED) is 0.883. The van der Waals surface area contributed by atoms with Crippen molar-refractivity contribution in [3.63, 3.8) is 0 Å². The molecular formula is C17H21NS2. The van der Waals surface area contributed by atoms with Crippen LogP contribution >= 0.6 is 23.1 Å². The van der Waals surface area contributed by atoms with Crippen LogP contribution in [0.5, 0.6) is 0 Å². The van der Waals surface area contributed by atoms with Crippen molar-refractivity contribution in [3.8, 4) is 0 Å². The first kappa shape index (κ1) is 14.2. The maximum absolute atomic E-state index is 6.58. The van der Waals surface area contributed by atoms with Gasteiger partial charge < -0.3 is 5.73 Å². The van der Waals surface area contributed by atoms with Crippen LogP contribution in [-0.4, -0.2) is 5.75 Å². The third kappa shape index (κ3) is 2.54. The topological polar surface area (TPSA) is 26.0 Å². The number of rotatable bonds is 2. The third-order valence-electron chi connectivity index (χ3n) is 4.00. The van der Waals surface area contributed by atoms with Gasteiger partial charge in [0.25, 0.3) is 0 Å². The Bertz CT molecular complexity index is 596. The number of thioether (sulfide) groups is 1. The molecule has 0 spiro atoms. The van der Waals surface area contributed by atoms with E-state index in [1.807, 2.05) is 23.1 Å². The molecule has 2 aromatic rings. The maximum Gasteiger partial charge on any atom is 0.0651 e. The summed E-state index contributed by atoms with van der Waals surface area (Å²) < 4.78 is 0. The van der Waals surface area contributed by atoms with Crippen LogP contribution in [0.15, 0.2) is 18.2 Å². The lowest BCUT2D eigenvalue weighted by molar-refractivity contribution is 0.869. The predicted molar refractivity (Wildman–Crippen MR) is 90.9 cm³/mol. The van der Waals surface area contributed by atoms with Crippen molar-refractivity contribution in [2.24, 2.45) is 5.73 Å². The van der Waals surface area contributed by atoms with Gasteiger partial charge in [-0.05, 0) is 61.3 Å². The Morgan fingerprint density at radius 2 is 1.80 bits per heavy atom. The molecule has 2 N–H and O–H groups in total. The summed E-state index contributed by atoms with van der Waals surface area (Å²) in [6.07, 6.45) is 1.21. The Labute approximate surface area is 129 Å². The Balaban J connectivity index is 2.00. The van der Waals surface area contributed by atoms with Gasteiger partial charge in [-0.3, -0.25) is 0 Å². The monoisotopic (exact) mass is 303 g/mol. The zero-order valence-electron chi connectivity index (χ0n) is 12.3. The Morgan fingerprint density at radius 3 is 2.45 bits per heavy atom. The van der Waals surface area contributed by atoms with Gasteiger partial charge in [0.05, 0.1) is 6.04 Å². The molecule has 0 amide bonds. The molecule has 106 valence electrons. The lowest BCUT2D eigenvalue weighted by Gasteiger charge is -2.17. The van der Waals surface area contributed by atoms with E-state index in [1.54, 1.807) is 4.88 Å². The van der Waals surface area contributed by atoms with Crippen LogP contribution in [0.3, 0.4) is 0 Å². The second kappa shape index (κ2) is 5.55. The summed E-state index contributed by atoms with van der Waals surface area (Å²) in [5.74, 6) is 2.41. The molecule has 3 rings (SSSR count). The summed E-state index contributed by atoms with van der Waals surface area (Å²) in [5, 5.41) is 0. The van der Waals surface area contributed by atoms with Crippen LogP contribution < -0.4 is 5.73 Å². The fraction of sp³-hybridized carbons (Fsp3) is 0.412. The molecule has 1 aliphatic heterocycles. The molecule has 0 radical (unpaired) electrons. The Morgan fingerprint density at radius 1 is 1.10 bits per heavy atom. The van der Waals surface area contributed by atoms with Crippen molar-refractivity contribution in [2.45, 2.75) is 39.0 Å². The molecule has 0 saturated carbocycles. The van der Waals surface area contributed by atoms with Gasteiger partial charge in [0.2, 0.25) is 0 Å². The molecule has 0 bridgehead atoms. The van der Waals surface area contributed by atoms with E-state index >= 15 is 0 Å². The zero-order chi connectivity index (χ0) is 14.3. The molecule has 1 aromatic heterocycles. The Hall–Kier alpha value is -0.770. The van der Waals surface area contributed by atoms with Crippen LogP contribution in [0.2, 0.25) is 0 Å². The van der Waals surface area contributed by atoms with Crippen molar-refractivity contribution in [1.29, 1.82) is 0 Å². The fourth-order valence-electron chi connectivity index (χ4n) is 3.15. The minimum Gasteiger partial charge on any atom is -0.320 e. The molecule has 1 atom stereocenters. The summed E-state index contributed by atoms with van der Waals surface area (Å²) in [5.41, 5.74) is 13.4. The first-order valence-electron chi connectivity index (χ1n) is 7.09. The van der Waals surface area contributed by atoms with E-state index < -0.39 is 0 Å². The number of hydrogen-bond donors (Lipinski definition) is 1. The predicted octanol–water partition coefficient (Wildman–Crippen LogP) is 4.51. The van der Waals surface area contributed by atoms with Crippen molar-refractivity contribution in [3.05, 3.63) is 55.8 Å². The van der Waals surface area contributed by atoms with Gasteiger partial charge in [0, 0.05) is 15.5 Å². The van der Waals surface area contributed by atoms with Crippen LogP contribution in [0.4, 0.5) is 0 Å². The van der Waals surface area contributed by atoms with Crippen molar-refractivity contribution in [1.82, 2.24) is 0 Å². The number of aryl methyl sites for hydroxylation is 4. The van der Waals surface area contributed by atoms with Crippen molar-refractivity contribution < 1.29 is 0 Å². The highest BCUT2D eigenvalue weighted by Gasteiger charge is 2.20. The molecular weight excluding hydrogens is 282 g/mol. The van der Waals surface area contributed by atoms with Crippen LogP contribution in [0.25, 0.3) is 0 Å². The normalized spacial score (nSPS) is 16.0. The van der Waals surface area contributed by atoms with Gasteiger partial charge >= 0.3 is 0 Å². The fourth-order valence-corrected chi connectivity index (χ4v) is 5.54. The number of thiophene rings is 1. The minimum absolute atomic E-state index is 0.0243. The smallest absolute Gasteiger partial charge is 0.0651 e. The molecule has 1 unspecified atom stereocenters. The molecule has 0 fully saturated rings. The molecule has 0 aliphatic carbocycles.